The zero-order valence-corrected chi connectivity index (χ0v) is 48.5. The largest absolute Gasteiger partial charge is 0.478 e. The van der Waals surface area contributed by atoms with Crippen LogP contribution in [-0.2, 0) is 0 Å². The lowest BCUT2D eigenvalue weighted by molar-refractivity contribution is 0.0684. The van der Waals surface area contributed by atoms with Crippen molar-refractivity contribution in [2.45, 2.75) is 83.1 Å². The van der Waals surface area contributed by atoms with Gasteiger partial charge in [0.2, 0.25) is 0 Å². The molecular formula is C72H60O12. The molecule has 0 heterocycles. The quantitative estimate of drug-likeness (QED) is 0.0629. The summed E-state index contributed by atoms with van der Waals surface area (Å²) in [6, 6.07) is 34.6. The molecule has 0 radical (unpaired) electrons. The molecule has 0 aliphatic carbocycles. The first-order valence-electron chi connectivity index (χ1n) is 27.2. The number of aromatic carboxylic acids is 6. The van der Waals surface area contributed by atoms with E-state index in [2.05, 4.69) is 36.4 Å². The van der Waals surface area contributed by atoms with Crippen molar-refractivity contribution in [2.24, 2.45) is 0 Å². The van der Waals surface area contributed by atoms with Crippen molar-refractivity contribution in [3.63, 3.8) is 0 Å². The molecule has 84 heavy (non-hydrogen) atoms. The van der Waals surface area contributed by atoms with Gasteiger partial charge < -0.3 is 30.6 Å². The van der Waals surface area contributed by atoms with Crippen LogP contribution in [0.1, 0.15) is 129 Å². The zero-order chi connectivity index (χ0) is 61.0. The highest BCUT2D eigenvalue weighted by Gasteiger charge is 2.26. The fraction of sp³-hybridized carbons (Fsp3) is 0.167. The molecule has 10 aromatic rings. The van der Waals surface area contributed by atoms with Crippen LogP contribution >= 0.6 is 0 Å². The summed E-state index contributed by atoms with van der Waals surface area (Å²) in [4.78, 5) is 76.2. The van der Waals surface area contributed by atoms with Gasteiger partial charge in [-0.2, -0.15) is 0 Å². The number of fused-ring (bicyclic) bond motifs is 6. The highest BCUT2D eigenvalue weighted by Crippen LogP contribution is 2.50. The Morgan fingerprint density at radius 2 is 0.286 bits per heavy atom. The maximum atomic E-state index is 12.7. The van der Waals surface area contributed by atoms with Crippen LogP contribution in [0, 0.1) is 83.1 Å². The van der Waals surface area contributed by atoms with E-state index < -0.39 is 35.8 Å². The van der Waals surface area contributed by atoms with Gasteiger partial charge in [-0.3, -0.25) is 0 Å². The second kappa shape index (κ2) is 21.0. The zero-order valence-electron chi connectivity index (χ0n) is 48.5. The van der Waals surface area contributed by atoms with Crippen LogP contribution in [0.25, 0.3) is 99.1 Å². The van der Waals surface area contributed by atoms with E-state index in [0.29, 0.717) is 134 Å². The minimum atomic E-state index is -1.07. The van der Waals surface area contributed by atoms with E-state index in [9.17, 15) is 59.4 Å². The van der Waals surface area contributed by atoms with Crippen LogP contribution in [0.2, 0.25) is 0 Å². The summed E-state index contributed by atoms with van der Waals surface area (Å²) in [6.45, 7) is 21.0. The van der Waals surface area contributed by atoms with Gasteiger partial charge in [0.05, 0.1) is 33.4 Å². The van der Waals surface area contributed by atoms with Crippen molar-refractivity contribution in [2.75, 3.05) is 0 Å². The van der Waals surface area contributed by atoms with Crippen LogP contribution in [0.3, 0.4) is 0 Å². The molecule has 12 nitrogen and oxygen atoms in total. The Bertz CT molecular complexity index is 3760. The van der Waals surface area contributed by atoms with E-state index in [-0.39, 0.29) is 33.4 Å². The SMILES string of the molecule is Cc1cc(-c2cc3c4cc(-c5cc(C)c(C(=O)O)c(C)c5)c(-c5cc(C)c(C(=O)O)c(C)c5)cc4c4cc(-c5cc(C)c(C(=O)O)c(C)c5)c(-c5cc(C)c(C(=O)O)c(C)c5)cc4c3cc2-c2cc(C)c(C(=O)O)c(C)c2)cc(C)c1C(=O)O. The third-order valence-electron chi connectivity index (χ3n) is 16.7. The lowest BCUT2D eigenvalue weighted by Gasteiger charge is -2.23. The normalized spacial score (nSPS) is 11.4. The van der Waals surface area contributed by atoms with Gasteiger partial charge in [0, 0.05) is 0 Å². The Morgan fingerprint density at radius 1 is 0.190 bits per heavy atom. The first-order valence-corrected chi connectivity index (χ1v) is 27.2. The molecule has 12 heteroatoms. The molecule has 0 saturated heterocycles. The number of aryl methyl sites for hydroxylation is 12. The molecule has 0 unspecified atom stereocenters. The molecule has 10 rings (SSSR count). The van der Waals surface area contributed by atoms with E-state index in [1.54, 1.807) is 83.1 Å². The molecule has 0 fully saturated rings. The molecule has 6 N–H and O–H groups in total. The van der Waals surface area contributed by atoms with E-state index >= 15 is 0 Å². The topological polar surface area (TPSA) is 224 Å². The number of benzene rings is 10. The molecule has 420 valence electrons. The van der Waals surface area contributed by atoms with Crippen LogP contribution in [0.4, 0.5) is 0 Å². The molecule has 0 amide bonds. The lowest BCUT2D eigenvalue weighted by Crippen LogP contribution is -2.05. The van der Waals surface area contributed by atoms with Crippen LogP contribution in [0.15, 0.2) is 109 Å². The van der Waals surface area contributed by atoms with Gasteiger partial charge >= 0.3 is 35.8 Å². The summed E-state index contributed by atoms with van der Waals surface area (Å²) >= 11 is 0. The van der Waals surface area contributed by atoms with Gasteiger partial charge in [0.25, 0.3) is 0 Å². The molecule has 0 aliphatic heterocycles. The van der Waals surface area contributed by atoms with Crippen molar-refractivity contribution < 1.29 is 59.4 Å². The summed E-state index contributed by atoms with van der Waals surface area (Å²) in [5.41, 5.74) is 15.8. The smallest absolute Gasteiger partial charge is 0.336 e. The van der Waals surface area contributed by atoms with Gasteiger partial charge in [-0.15, -0.1) is 0 Å². The van der Waals surface area contributed by atoms with E-state index in [4.69, 9.17) is 0 Å². The third kappa shape index (κ3) is 9.58. The monoisotopic (exact) mass is 1120 g/mol. The average Bonchev–Trinajstić information content (AvgIpc) is 0.749. The predicted octanol–water partition coefficient (Wildman–Crippen LogP) is 17.0. The number of hydrogen-bond acceptors (Lipinski definition) is 6. The van der Waals surface area contributed by atoms with E-state index in [1.807, 2.05) is 72.8 Å². The van der Waals surface area contributed by atoms with E-state index in [1.165, 1.54) is 0 Å². The van der Waals surface area contributed by atoms with Crippen molar-refractivity contribution in [1.29, 1.82) is 0 Å². The Kier molecular flexibility index (Phi) is 14.2. The van der Waals surface area contributed by atoms with Gasteiger partial charge in [0.15, 0.2) is 0 Å². The minimum absolute atomic E-state index is 0.168. The highest BCUT2D eigenvalue weighted by molar-refractivity contribution is 6.29. The molecule has 0 spiro atoms. The fourth-order valence-corrected chi connectivity index (χ4v) is 13.3. The lowest BCUT2D eigenvalue weighted by atomic mass is 9.81. The third-order valence-corrected chi connectivity index (χ3v) is 16.7. The van der Waals surface area contributed by atoms with Crippen LogP contribution < -0.4 is 0 Å². The van der Waals surface area contributed by atoms with Crippen LogP contribution in [-0.4, -0.2) is 66.5 Å². The molecule has 0 atom stereocenters. The summed E-state index contributed by atoms with van der Waals surface area (Å²) < 4.78 is 0. The summed E-state index contributed by atoms with van der Waals surface area (Å²) in [5, 5.41) is 66.8. The fourth-order valence-electron chi connectivity index (χ4n) is 13.3. The van der Waals surface area contributed by atoms with Crippen molar-refractivity contribution in [3.8, 4) is 66.8 Å². The number of rotatable bonds is 12. The van der Waals surface area contributed by atoms with E-state index in [0.717, 1.165) is 32.3 Å². The van der Waals surface area contributed by atoms with Crippen molar-refractivity contribution in [3.05, 3.63) is 209 Å². The number of carbonyl (C=O) groups is 6. The van der Waals surface area contributed by atoms with Crippen LogP contribution in [0.5, 0.6) is 0 Å². The maximum absolute atomic E-state index is 12.7. The maximum Gasteiger partial charge on any atom is 0.336 e. The number of carboxylic acids is 6. The molecule has 0 aromatic heterocycles. The van der Waals surface area contributed by atoms with Crippen molar-refractivity contribution in [1.82, 2.24) is 0 Å². The number of carboxylic acid groups (broad SMARTS) is 6. The Labute approximate surface area is 484 Å². The summed E-state index contributed by atoms with van der Waals surface area (Å²) in [5.74, 6) is -6.43. The first-order chi connectivity index (χ1) is 39.6. The predicted molar refractivity (Wildman–Crippen MR) is 330 cm³/mol. The second-order valence-corrected chi connectivity index (χ2v) is 22.6. The average molecular weight is 1120 g/mol. The standard InChI is InChI=1S/C72H60O12/c1-31-13-43(14-32(2)61(31)67(73)74)49-25-55-56(26-50(49)44-15-33(3)62(68(75)76)34(4)16-44)58-28-52(46-19-37(7)64(70(79)80)38(8)20-46)54(48-23-41(11)66(72(83)84)42(12)24-48)30-60(58)59-29-53(47-21-39(9)65(71(81)82)40(10)22-47)51(27-57(55)59)45-17-35(5)63(69(77)78)36(6)18-45/h13-30H,1-12H3,(H,73,74)(H,75,76)(H,77,78)(H,79,80)(H,81,82)(H,83,84). The van der Waals surface area contributed by atoms with Gasteiger partial charge in [-0.05, 0) is 285 Å². The Morgan fingerprint density at radius 3 is 0.369 bits per heavy atom. The minimum Gasteiger partial charge on any atom is -0.478 e. The molecule has 0 saturated carbocycles. The van der Waals surface area contributed by atoms with Crippen molar-refractivity contribution >= 4 is 68.1 Å². The molecule has 0 bridgehead atoms. The second-order valence-electron chi connectivity index (χ2n) is 22.6. The summed E-state index contributed by atoms with van der Waals surface area (Å²) in [7, 11) is 0. The highest BCUT2D eigenvalue weighted by atomic mass is 16.4. The van der Waals surface area contributed by atoms with Gasteiger partial charge in [-0.25, -0.2) is 28.8 Å². The first kappa shape index (κ1) is 57.1. The Hall–Kier alpha value is -10.2. The number of hydrogen-bond donors (Lipinski definition) is 6. The molecular weight excluding hydrogens is 1060 g/mol. The Balaban J connectivity index is 1.49. The summed E-state index contributed by atoms with van der Waals surface area (Å²) in [6.07, 6.45) is 0. The molecule has 0 aliphatic rings. The van der Waals surface area contributed by atoms with Gasteiger partial charge in [-0.1, -0.05) is 72.8 Å². The molecule has 10 aromatic carbocycles. The van der Waals surface area contributed by atoms with Gasteiger partial charge in [0.1, 0.15) is 0 Å².